The summed E-state index contributed by atoms with van der Waals surface area (Å²) in [5.41, 5.74) is 1.38. The fourth-order valence-electron chi connectivity index (χ4n) is 2.90. The minimum atomic E-state index is -3.29. The fourth-order valence-corrected chi connectivity index (χ4v) is 3.26. The van der Waals surface area contributed by atoms with Crippen molar-refractivity contribution >= 4 is 16.0 Å². The summed E-state index contributed by atoms with van der Waals surface area (Å²) in [5, 5.41) is 9.57. The molecule has 0 saturated heterocycles. The van der Waals surface area contributed by atoms with Crippen LogP contribution in [0.5, 0.6) is 0 Å². The quantitative estimate of drug-likeness (QED) is 0.765. The van der Waals surface area contributed by atoms with Crippen molar-refractivity contribution in [3.05, 3.63) is 41.4 Å². The van der Waals surface area contributed by atoms with E-state index < -0.39 is 22.0 Å². The Bertz CT molecular complexity index is 872. The third-order valence-electron chi connectivity index (χ3n) is 4.28. The maximum Gasteiger partial charge on any atom is 0.327 e. The van der Waals surface area contributed by atoms with E-state index in [2.05, 4.69) is 9.97 Å². The van der Waals surface area contributed by atoms with Gasteiger partial charge in [-0.1, -0.05) is 0 Å². The monoisotopic (exact) mass is 368 g/mol. The van der Waals surface area contributed by atoms with Crippen LogP contribution in [0.25, 0.3) is 0 Å². The van der Waals surface area contributed by atoms with Crippen molar-refractivity contribution in [3.63, 3.8) is 0 Å². The predicted molar refractivity (Wildman–Crippen MR) is 88.1 cm³/mol. The smallest absolute Gasteiger partial charge is 0.327 e. The summed E-state index contributed by atoms with van der Waals surface area (Å²) in [4.78, 5) is 20.6. The molecule has 2 aromatic rings. The van der Waals surface area contributed by atoms with Gasteiger partial charge in [0.2, 0.25) is 10.0 Å². The number of hydrogen-bond acceptors (Lipinski definition) is 6. The molecule has 136 valence electrons. The van der Waals surface area contributed by atoms with Crippen LogP contribution in [0.1, 0.15) is 29.0 Å². The van der Waals surface area contributed by atoms with Crippen molar-refractivity contribution in [2.24, 2.45) is 0 Å². The molecule has 1 atom stereocenters. The highest BCUT2D eigenvalue weighted by atomic mass is 32.2. The van der Waals surface area contributed by atoms with Gasteiger partial charge in [0.25, 0.3) is 0 Å². The Morgan fingerprint density at radius 2 is 2.20 bits per heavy atom. The third-order valence-corrected chi connectivity index (χ3v) is 5.54. The number of nitrogens with zero attached hydrogens (tertiary/aromatic N) is 3. The molecule has 0 spiro atoms. The molecule has 9 nitrogen and oxygen atoms in total. The van der Waals surface area contributed by atoms with Gasteiger partial charge in [0.1, 0.15) is 11.5 Å². The lowest BCUT2D eigenvalue weighted by Crippen LogP contribution is -2.39. The van der Waals surface area contributed by atoms with Gasteiger partial charge in [-0.05, 0) is 12.1 Å². The van der Waals surface area contributed by atoms with Crippen LogP contribution >= 0.6 is 0 Å². The molecule has 10 heteroatoms. The van der Waals surface area contributed by atoms with Crippen molar-refractivity contribution in [3.8, 4) is 0 Å². The summed E-state index contributed by atoms with van der Waals surface area (Å²) in [7, 11) is -1.82. The predicted octanol–water partition coefficient (Wildman–Crippen LogP) is 0.578. The number of sulfonamides is 1. The van der Waals surface area contributed by atoms with Gasteiger partial charge in [0.15, 0.2) is 6.04 Å². The largest absolute Gasteiger partial charge is 0.480 e. The van der Waals surface area contributed by atoms with Crippen molar-refractivity contribution in [2.75, 3.05) is 19.8 Å². The Hall–Kier alpha value is -2.17. The van der Waals surface area contributed by atoms with Gasteiger partial charge in [-0.25, -0.2) is 13.4 Å². The molecule has 0 bridgehead atoms. The number of imidazole rings is 1. The molecule has 3 rings (SSSR count). The van der Waals surface area contributed by atoms with Gasteiger partial charge in [-0.15, -0.1) is 0 Å². The van der Waals surface area contributed by atoms with Crippen LogP contribution in [0.2, 0.25) is 0 Å². The van der Waals surface area contributed by atoms with Crippen molar-refractivity contribution in [2.45, 2.75) is 25.6 Å². The van der Waals surface area contributed by atoms with Crippen LogP contribution in [-0.2, 0) is 34.3 Å². The molecule has 0 radical (unpaired) electrons. The van der Waals surface area contributed by atoms with E-state index in [0.29, 0.717) is 36.7 Å². The molecule has 1 aliphatic heterocycles. The molecule has 0 saturated carbocycles. The number of nitrogens with one attached hydrogen (secondary N) is 1. The highest BCUT2D eigenvalue weighted by Crippen LogP contribution is 2.29. The van der Waals surface area contributed by atoms with Gasteiger partial charge in [-0.3, -0.25) is 9.69 Å². The van der Waals surface area contributed by atoms with Crippen LogP contribution < -0.4 is 0 Å². The fraction of sp³-hybridized carbons (Fsp3) is 0.467. The highest BCUT2D eigenvalue weighted by Gasteiger charge is 2.35. The van der Waals surface area contributed by atoms with E-state index in [1.165, 1.54) is 17.7 Å². The minimum absolute atomic E-state index is 0.130. The summed E-state index contributed by atoms with van der Waals surface area (Å²) in [5.74, 6) is 0.131. The maximum atomic E-state index is 11.7. The van der Waals surface area contributed by atoms with Crippen LogP contribution in [0.3, 0.4) is 0 Å². The molecule has 0 aromatic carbocycles. The number of carboxylic acids is 1. The molecule has 3 heterocycles. The first-order valence-electron chi connectivity index (χ1n) is 7.73. The first-order chi connectivity index (χ1) is 11.8. The van der Waals surface area contributed by atoms with Gasteiger partial charge in [0.05, 0.1) is 31.4 Å². The number of carbonyl (C=O) groups is 1. The van der Waals surface area contributed by atoms with E-state index in [9.17, 15) is 18.3 Å². The molecular formula is C15H20N4O5S. The van der Waals surface area contributed by atoms with Gasteiger partial charge in [0, 0.05) is 25.7 Å². The van der Waals surface area contributed by atoms with Crippen molar-refractivity contribution in [1.29, 1.82) is 0 Å². The second-order valence-corrected chi connectivity index (χ2v) is 8.20. The lowest BCUT2D eigenvalue weighted by Gasteiger charge is -2.31. The van der Waals surface area contributed by atoms with Crippen LogP contribution in [0, 0.1) is 0 Å². The molecule has 25 heavy (non-hydrogen) atoms. The molecule has 1 aliphatic rings. The average Bonchev–Trinajstić information content (AvgIpc) is 3.14. The Labute approximate surface area is 145 Å². The van der Waals surface area contributed by atoms with E-state index in [1.807, 2.05) is 0 Å². The number of aromatic amines is 1. The van der Waals surface area contributed by atoms with Crippen molar-refractivity contribution in [1.82, 2.24) is 19.2 Å². The lowest BCUT2D eigenvalue weighted by atomic mass is 10.0. The van der Waals surface area contributed by atoms with E-state index in [1.54, 1.807) is 17.0 Å². The molecular weight excluding hydrogens is 348 g/mol. The van der Waals surface area contributed by atoms with Crippen molar-refractivity contribution < 1.29 is 22.7 Å². The molecule has 2 N–H and O–H groups in total. The number of hydrogen-bond donors (Lipinski definition) is 2. The number of H-pyrrole nitrogens is 1. The summed E-state index contributed by atoms with van der Waals surface area (Å²) in [6.07, 6.45) is 3.32. The summed E-state index contributed by atoms with van der Waals surface area (Å²) < 4.78 is 29.8. The maximum absolute atomic E-state index is 11.7. The normalized spacial score (nSPS) is 18.4. The minimum Gasteiger partial charge on any atom is -0.480 e. The van der Waals surface area contributed by atoms with Crippen LogP contribution in [-0.4, -0.2) is 58.5 Å². The van der Waals surface area contributed by atoms with Crippen LogP contribution in [0.15, 0.2) is 22.9 Å². The zero-order valence-corrected chi connectivity index (χ0v) is 14.8. The second-order valence-electron chi connectivity index (χ2n) is 6.11. The third kappa shape index (κ3) is 3.75. The second kappa shape index (κ2) is 6.62. The number of carboxylic acid groups (broad SMARTS) is 1. The van der Waals surface area contributed by atoms with Gasteiger partial charge < -0.3 is 14.5 Å². The number of rotatable bonds is 6. The number of fused-ring (bicyclic) bond motifs is 1. The zero-order chi connectivity index (χ0) is 18.2. The topological polar surface area (TPSA) is 120 Å². The first kappa shape index (κ1) is 17.6. The lowest BCUT2D eigenvalue weighted by molar-refractivity contribution is -0.144. The molecule has 0 amide bonds. The molecule has 0 fully saturated rings. The Kier molecular flexibility index (Phi) is 4.67. The number of furan rings is 1. The summed E-state index contributed by atoms with van der Waals surface area (Å²) in [6, 6.07) is 2.61. The van der Waals surface area contributed by atoms with Crippen LogP contribution in [0.4, 0.5) is 0 Å². The Morgan fingerprint density at radius 3 is 2.88 bits per heavy atom. The van der Waals surface area contributed by atoms with E-state index in [-0.39, 0.29) is 6.54 Å². The zero-order valence-electron chi connectivity index (χ0n) is 14.0. The standard InChI is InChI=1S/C15H20N4O5S/c1-18(25(2,22)23)7-10-3-4-11(24-10)8-19-6-5-12-13(17-9-16-12)14(19)15(20)21/h3-4,9,14H,5-8H2,1-2H3,(H,16,17)(H,20,21)/t14-/m1/s1. The molecule has 0 aliphatic carbocycles. The Balaban J connectivity index is 1.73. The Morgan fingerprint density at radius 1 is 1.48 bits per heavy atom. The first-order valence-corrected chi connectivity index (χ1v) is 9.58. The number of aromatic nitrogens is 2. The number of aliphatic carboxylic acids is 1. The summed E-state index contributed by atoms with van der Waals surface area (Å²) in [6.45, 7) is 1.00. The average molecular weight is 368 g/mol. The van der Waals surface area contributed by atoms with E-state index >= 15 is 0 Å². The van der Waals surface area contributed by atoms with Gasteiger partial charge >= 0.3 is 5.97 Å². The molecule has 2 aromatic heterocycles. The van der Waals surface area contributed by atoms with E-state index in [4.69, 9.17) is 4.42 Å². The summed E-state index contributed by atoms with van der Waals surface area (Å²) >= 11 is 0. The highest BCUT2D eigenvalue weighted by molar-refractivity contribution is 7.88. The van der Waals surface area contributed by atoms with E-state index in [0.717, 1.165) is 11.9 Å². The van der Waals surface area contributed by atoms with Gasteiger partial charge in [-0.2, -0.15) is 4.31 Å². The SMILES string of the molecule is CN(Cc1ccc(CN2CCc3[nH]cnc3[C@@H]2C(=O)O)o1)S(C)(=O)=O. The molecule has 0 unspecified atom stereocenters.